The van der Waals surface area contributed by atoms with Crippen LogP contribution in [-0.4, -0.2) is 34.7 Å². The molecule has 1 heterocycles. The number of anilines is 3. The van der Waals surface area contributed by atoms with Gasteiger partial charge in [-0.2, -0.15) is 5.10 Å². The highest BCUT2D eigenvalue weighted by atomic mass is 16.2. The Hall–Kier alpha value is -3.19. The van der Waals surface area contributed by atoms with E-state index in [1.165, 1.54) is 38.5 Å². The molecule has 2 saturated carbocycles. The minimum atomic E-state index is -0.577. The second-order valence-electron chi connectivity index (χ2n) is 12.1. The number of para-hydroxylation sites is 1. The summed E-state index contributed by atoms with van der Waals surface area (Å²) in [7, 11) is 0. The van der Waals surface area contributed by atoms with Crippen molar-refractivity contribution in [3.05, 3.63) is 54.1 Å². The first-order chi connectivity index (χ1) is 19.4. The molecule has 0 spiro atoms. The van der Waals surface area contributed by atoms with E-state index in [-0.39, 0.29) is 23.9 Å². The molecule has 2 aromatic carbocycles. The van der Waals surface area contributed by atoms with Gasteiger partial charge in [0.15, 0.2) is 0 Å². The van der Waals surface area contributed by atoms with E-state index in [1.54, 1.807) is 0 Å². The molecule has 3 aliphatic rings. The van der Waals surface area contributed by atoms with Gasteiger partial charge in [-0.05, 0) is 61.9 Å². The predicted octanol–water partition coefficient (Wildman–Crippen LogP) is 7.58. The zero-order chi connectivity index (χ0) is 28.1. The van der Waals surface area contributed by atoms with Gasteiger partial charge in [0.25, 0.3) is 0 Å². The van der Waals surface area contributed by atoms with Gasteiger partial charge >= 0.3 is 6.03 Å². The summed E-state index contributed by atoms with van der Waals surface area (Å²) in [5.41, 5.74) is 10.5. The van der Waals surface area contributed by atoms with Crippen molar-refractivity contribution in [1.29, 1.82) is 0 Å². The van der Waals surface area contributed by atoms with E-state index >= 15 is 0 Å². The molecule has 1 unspecified atom stereocenters. The van der Waals surface area contributed by atoms with E-state index in [1.807, 2.05) is 60.2 Å². The van der Waals surface area contributed by atoms with Crippen molar-refractivity contribution in [3.63, 3.8) is 0 Å². The third kappa shape index (κ3) is 6.25. The SMILES string of the molecule is CC(C)C(N)C(=O)Nc1ccc(N2C(=O)N(C3CCCCCCC3)N=C(C3CCCCC3)c3ccccc32)cc1. The van der Waals surface area contributed by atoms with E-state index in [0.717, 1.165) is 61.2 Å². The highest BCUT2D eigenvalue weighted by molar-refractivity contribution is 6.14. The summed E-state index contributed by atoms with van der Waals surface area (Å²) in [5.74, 6) is 0.199. The average molecular weight is 544 g/mol. The fraction of sp³-hybridized carbons (Fsp3) is 0.545. The number of urea groups is 1. The van der Waals surface area contributed by atoms with E-state index in [2.05, 4.69) is 17.4 Å². The van der Waals surface area contributed by atoms with Crippen molar-refractivity contribution < 1.29 is 9.59 Å². The Morgan fingerprint density at radius 1 is 0.875 bits per heavy atom. The predicted molar refractivity (Wildman–Crippen MR) is 163 cm³/mol. The van der Waals surface area contributed by atoms with Crippen molar-refractivity contribution in [2.24, 2.45) is 22.7 Å². The molecule has 0 aromatic heterocycles. The van der Waals surface area contributed by atoms with Gasteiger partial charge in [0.1, 0.15) is 0 Å². The molecule has 2 aliphatic carbocycles. The van der Waals surface area contributed by atoms with Crippen LogP contribution in [0.4, 0.5) is 21.9 Å². The molecular formula is C33H45N5O2. The Labute approximate surface area is 239 Å². The van der Waals surface area contributed by atoms with Crippen LogP contribution in [0.1, 0.15) is 96.5 Å². The van der Waals surface area contributed by atoms with Gasteiger partial charge < -0.3 is 11.1 Å². The number of carbonyl (C=O) groups is 2. The molecule has 3 N–H and O–H groups in total. The summed E-state index contributed by atoms with van der Waals surface area (Å²) in [4.78, 5) is 28.9. The topological polar surface area (TPSA) is 91.0 Å². The smallest absolute Gasteiger partial charge is 0.325 e. The van der Waals surface area contributed by atoms with E-state index in [4.69, 9.17) is 10.8 Å². The summed E-state index contributed by atoms with van der Waals surface area (Å²) in [6.45, 7) is 3.86. The molecule has 1 atom stereocenters. The summed E-state index contributed by atoms with van der Waals surface area (Å²) >= 11 is 0. The number of nitrogens with one attached hydrogen (secondary N) is 1. The zero-order valence-electron chi connectivity index (χ0n) is 24.1. The van der Waals surface area contributed by atoms with E-state index in [9.17, 15) is 9.59 Å². The maximum atomic E-state index is 14.5. The fourth-order valence-corrected chi connectivity index (χ4v) is 6.37. The number of nitrogens with zero attached hydrogens (tertiary/aromatic N) is 3. The summed E-state index contributed by atoms with van der Waals surface area (Å²) in [6.07, 6.45) is 13.9. The normalized spacial score (nSPS) is 20.3. The van der Waals surface area contributed by atoms with Gasteiger partial charge in [-0.3, -0.25) is 9.69 Å². The van der Waals surface area contributed by atoms with Gasteiger partial charge in [-0.25, -0.2) is 9.80 Å². The molecule has 7 heteroatoms. The second-order valence-corrected chi connectivity index (χ2v) is 12.1. The van der Waals surface area contributed by atoms with Crippen LogP contribution < -0.4 is 16.0 Å². The standard InChI is InChI=1S/C33H45N5O2/c1-23(2)30(34)32(39)35-25-19-21-26(22-20-25)37-29-18-12-11-17-28(29)31(24-13-7-6-8-14-24)36-38(33(37)40)27-15-9-4-3-5-10-16-27/h11-12,17-24,27,30H,3-10,13-16,34H2,1-2H3,(H,35,39). The van der Waals surface area contributed by atoms with Crippen molar-refractivity contribution in [1.82, 2.24) is 5.01 Å². The fourth-order valence-electron chi connectivity index (χ4n) is 6.37. The third-order valence-corrected chi connectivity index (χ3v) is 8.85. The molecule has 214 valence electrons. The molecule has 0 radical (unpaired) electrons. The van der Waals surface area contributed by atoms with Crippen LogP contribution in [0.5, 0.6) is 0 Å². The summed E-state index contributed by atoms with van der Waals surface area (Å²) in [6, 6.07) is 15.2. The van der Waals surface area contributed by atoms with Gasteiger partial charge in [-0.1, -0.05) is 83.4 Å². The lowest BCUT2D eigenvalue weighted by molar-refractivity contribution is -0.118. The average Bonchev–Trinajstić information content (AvgIpc) is 3.07. The molecule has 0 bridgehead atoms. The number of nitrogens with two attached hydrogens (primary N) is 1. The van der Waals surface area contributed by atoms with Crippen LogP contribution in [0.3, 0.4) is 0 Å². The number of carbonyl (C=O) groups excluding carboxylic acids is 2. The number of hydrazone groups is 1. The first-order valence-corrected chi connectivity index (χ1v) is 15.4. The van der Waals surface area contributed by atoms with Crippen LogP contribution in [-0.2, 0) is 4.79 Å². The molecule has 5 rings (SSSR count). The first-order valence-electron chi connectivity index (χ1n) is 15.4. The Bertz CT molecular complexity index is 1190. The van der Waals surface area contributed by atoms with Gasteiger partial charge in [-0.15, -0.1) is 0 Å². The number of rotatable bonds is 6. The summed E-state index contributed by atoms with van der Waals surface area (Å²) < 4.78 is 0. The lowest BCUT2D eigenvalue weighted by Crippen LogP contribution is -2.43. The maximum absolute atomic E-state index is 14.5. The van der Waals surface area contributed by atoms with Crippen molar-refractivity contribution in [2.75, 3.05) is 10.2 Å². The first kappa shape index (κ1) is 28.3. The van der Waals surface area contributed by atoms with E-state index in [0.29, 0.717) is 11.6 Å². The Balaban J connectivity index is 1.53. The van der Waals surface area contributed by atoms with Crippen molar-refractivity contribution in [2.45, 2.75) is 103 Å². The van der Waals surface area contributed by atoms with Crippen LogP contribution in [0, 0.1) is 11.8 Å². The number of hydrogen-bond donors (Lipinski definition) is 2. The quantitative estimate of drug-likeness (QED) is 0.393. The maximum Gasteiger partial charge on any atom is 0.349 e. The van der Waals surface area contributed by atoms with Crippen LogP contribution in [0.15, 0.2) is 53.6 Å². The third-order valence-electron chi connectivity index (χ3n) is 8.85. The lowest BCUT2D eigenvalue weighted by Gasteiger charge is -2.33. The molecule has 0 saturated heterocycles. The molecule has 1 aliphatic heterocycles. The highest BCUT2D eigenvalue weighted by Gasteiger charge is 2.37. The monoisotopic (exact) mass is 543 g/mol. The Morgan fingerprint density at radius 2 is 1.48 bits per heavy atom. The largest absolute Gasteiger partial charge is 0.349 e. The minimum Gasteiger partial charge on any atom is -0.325 e. The number of hydrogen-bond acceptors (Lipinski definition) is 4. The van der Waals surface area contributed by atoms with Gasteiger partial charge in [0, 0.05) is 17.2 Å². The molecule has 2 fully saturated rings. The number of benzene rings is 2. The molecule has 3 amide bonds. The van der Waals surface area contributed by atoms with Crippen LogP contribution >= 0.6 is 0 Å². The van der Waals surface area contributed by atoms with Gasteiger partial charge in [0.05, 0.1) is 29.2 Å². The number of amides is 3. The zero-order valence-corrected chi connectivity index (χ0v) is 24.1. The van der Waals surface area contributed by atoms with Gasteiger partial charge in [0.2, 0.25) is 5.91 Å². The Kier molecular flexibility index (Phi) is 9.20. The van der Waals surface area contributed by atoms with Crippen LogP contribution in [0.25, 0.3) is 0 Å². The highest BCUT2D eigenvalue weighted by Crippen LogP contribution is 2.39. The molecular weight excluding hydrogens is 498 g/mol. The van der Waals surface area contributed by atoms with Crippen molar-refractivity contribution >= 4 is 34.7 Å². The minimum absolute atomic E-state index is 0.0446. The molecule has 7 nitrogen and oxygen atoms in total. The molecule has 40 heavy (non-hydrogen) atoms. The van der Waals surface area contributed by atoms with E-state index < -0.39 is 6.04 Å². The molecule has 2 aromatic rings. The number of fused-ring (bicyclic) bond motifs is 1. The lowest BCUT2D eigenvalue weighted by atomic mass is 9.83. The Morgan fingerprint density at radius 3 is 2.15 bits per heavy atom. The van der Waals surface area contributed by atoms with Crippen LogP contribution in [0.2, 0.25) is 0 Å². The summed E-state index contributed by atoms with van der Waals surface area (Å²) in [5, 5.41) is 10.0. The van der Waals surface area contributed by atoms with Crippen molar-refractivity contribution in [3.8, 4) is 0 Å². The second kappa shape index (κ2) is 13.0.